The molecule has 23 heavy (non-hydrogen) atoms. The van der Waals surface area contributed by atoms with Crippen molar-refractivity contribution < 1.29 is 0 Å². The lowest BCUT2D eigenvalue weighted by molar-refractivity contribution is 0.629. The average Bonchev–Trinajstić information content (AvgIpc) is 3.29. The zero-order chi connectivity index (χ0) is 15.8. The molecule has 1 unspecified atom stereocenters. The Hall–Kier alpha value is -2.54. The summed E-state index contributed by atoms with van der Waals surface area (Å²) in [6, 6.07) is 4.19. The molecule has 0 radical (unpaired) electrons. The van der Waals surface area contributed by atoms with Gasteiger partial charge in [0.05, 0.1) is 17.9 Å². The predicted octanol–water partition coefficient (Wildman–Crippen LogP) is 3.22. The quantitative estimate of drug-likeness (QED) is 0.578. The number of imidazole rings is 2. The van der Waals surface area contributed by atoms with Crippen LogP contribution in [0.4, 0.5) is 0 Å². The van der Waals surface area contributed by atoms with E-state index in [2.05, 4.69) is 44.5 Å². The van der Waals surface area contributed by atoms with Crippen LogP contribution in [-0.2, 0) is 6.42 Å². The Morgan fingerprint density at radius 1 is 1.26 bits per heavy atom. The van der Waals surface area contributed by atoms with Gasteiger partial charge in [-0.25, -0.2) is 14.5 Å². The van der Waals surface area contributed by atoms with E-state index in [1.807, 2.05) is 24.7 Å². The van der Waals surface area contributed by atoms with Gasteiger partial charge in [0.2, 0.25) is 4.96 Å². The second-order valence-corrected chi connectivity index (χ2v) is 6.18. The lowest BCUT2D eigenvalue weighted by Gasteiger charge is -2.14. The van der Waals surface area contributed by atoms with Gasteiger partial charge in [-0.15, -0.1) is 0 Å². The van der Waals surface area contributed by atoms with Crippen LogP contribution in [0, 0.1) is 0 Å². The molecule has 0 aliphatic rings. The van der Waals surface area contributed by atoms with Crippen molar-refractivity contribution in [3.8, 4) is 11.5 Å². The Labute approximate surface area is 137 Å². The first-order valence-electron chi connectivity index (χ1n) is 7.53. The van der Waals surface area contributed by atoms with Gasteiger partial charge < -0.3 is 4.57 Å². The van der Waals surface area contributed by atoms with Gasteiger partial charge in [-0.1, -0.05) is 24.3 Å². The highest BCUT2D eigenvalue weighted by molar-refractivity contribution is 7.14. The second kappa shape index (κ2) is 5.58. The predicted molar refractivity (Wildman–Crippen MR) is 89.5 cm³/mol. The van der Waals surface area contributed by atoms with Crippen molar-refractivity contribution in [1.29, 1.82) is 0 Å². The molecular formula is C16H16N6S. The van der Waals surface area contributed by atoms with Crippen LogP contribution in [0.25, 0.3) is 16.5 Å². The van der Waals surface area contributed by atoms with Crippen molar-refractivity contribution in [2.75, 3.05) is 0 Å². The third kappa shape index (κ3) is 2.43. The summed E-state index contributed by atoms with van der Waals surface area (Å²) < 4.78 is 3.90. The van der Waals surface area contributed by atoms with E-state index in [4.69, 9.17) is 0 Å². The van der Waals surface area contributed by atoms with E-state index in [1.54, 1.807) is 16.2 Å². The van der Waals surface area contributed by atoms with Gasteiger partial charge >= 0.3 is 0 Å². The topological polar surface area (TPSA) is 60.9 Å². The van der Waals surface area contributed by atoms with Crippen molar-refractivity contribution in [2.45, 2.75) is 26.3 Å². The SMILES string of the molecule is CCc1ccc(-c2nccn2C(C)c2cn3ncsc3n2)nc1. The molecule has 0 saturated heterocycles. The van der Waals surface area contributed by atoms with Crippen molar-refractivity contribution in [3.63, 3.8) is 0 Å². The molecule has 0 fully saturated rings. The van der Waals surface area contributed by atoms with Crippen LogP contribution in [0.15, 0.2) is 42.4 Å². The number of nitrogens with zero attached hydrogens (tertiary/aromatic N) is 6. The summed E-state index contributed by atoms with van der Waals surface area (Å²) in [6.45, 7) is 4.23. The van der Waals surface area contributed by atoms with E-state index in [-0.39, 0.29) is 6.04 Å². The van der Waals surface area contributed by atoms with E-state index < -0.39 is 0 Å². The molecule has 0 aliphatic heterocycles. The van der Waals surface area contributed by atoms with Crippen LogP contribution in [0.3, 0.4) is 0 Å². The van der Waals surface area contributed by atoms with Crippen LogP contribution >= 0.6 is 11.3 Å². The van der Waals surface area contributed by atoms with E-state index in [9.17, 15) is 0 Å². The molecule has 1 atom stereocenters. The standard InChI is InChI=1S/C16H16N6S/c1-3-12-4-5-13(18-8-12)15-17-6-7-21(15)11(2)14-9-22-16(20-14)23-10-19-22/h4-11H,3H2,1-2H3. The Kier molecular flexibility index (Phi) is 3.42. The van der Waals surface area contributed by atoms with Gasteiger partial charge in [0.15, 0.2) is 5.82 Å². The van der Waals surface area contributed by atoms with E-state index in [0.29, 0.717) is 0 Å². The fourth-order valence-electron chi connectivity index (χ4n) is 2.59. The monoisotopic (exact) mass is 324 g/mol. The second-order valence-electron chi connectivity index (χ2n) is 5.37. The summed E-state index contributed by atoms with van der Waals surface area (Å²) in [7, 11) is 0. The summed E-state index contributed by atoms with van der Waals surface area (Å²) in [5, 5.41) is 4.24. The molecule has 4 heterocycles. The third-order valence-electron chi connectivity index (χ3n) is 3.98. The van der Waals surface area contributed by atoms with E-state index in [1.165, 1.54) is 16.9 Å². The number of hydrogen-bond acceptors (Lipinski definition) is 5. The molecule has 0 aliphatic carbocycles. The zero-order valence-corrected chi connectivity index (χ0v) is 13.7. The molecule has 0 saturated carbocycles. The lowest BCUT2D eigenvalue weighted by Crippen LogP contribution is -2.08. The fourth-order valence-corrected chi connectivity index (χ4v) is 3.20. The maximum absolute atomic E-state index is 4.64. The molecule has 0 bridgehead atoms. The molecule has 0 N–H and O–H groups in total. The summed E-state index contributed by atoms with van der Waals surface area (Å²) >= 11 is 1.53. The first kappa shape index (κ1) is 14.1. The van der Waals surface area contributed by atoms with Crippen LogP contribution in [0.1, 0.15) is 31.1 Å². The Balaban J connectivity index is 1.71. The first-order valence-corrected chi connectivity index (χ1v) is 8.41. The molecule has 4 rings (SSSR count). The molecule has 0 spiro atoms. The minimum Gasteiger partial charge on any atom is -0.321 e. The molecule has 0 amide bonds. The van der Waals surface area contributed by atoms with Crippen molar-refractivity contribution in [3.05, 3.63) is 53.7 Å². The van der Waals surface area contributed by atoms with Crippen molar-refractivity contribution in [2.24, 2.45) is 0 Å². The Bertz CT molecular complexity index is 904. The van der Waals surface area contributed by atoms with Crippen LogP contribution < -0.4 is 0 Å². The number of aryl methyl sites for hydroxylation is 1. The van der Waals surface area contributed by atoms with Gasteiger partial charge in [0.1, 0.15) is 11.2 Å². The van der Waals surface area contributed by atoms with Gasteiger partial charge in [0.25, 0.3) is 0 Å². The number of rotatable bonds is 4. The number of fused-ring (bicyclic) bond motifs is 1. The fraction of sp³-hybridized carbons (Fsp3) is 0.250. The first-order chi connectivity index (χ1) is 11.3. The van der Waals surface area contributed by atoms with Crippen LogP contribution in [0.2, 0.25) is 0 Å². The summed E-state index contributed by atoms with van der Waals surface area (Å²) in [5.41, 5.74) is 4.85. The Morgan fingerprint density at radius 2 is 2.17 bits per heavy atom. The average molecular weight is 324 g/mol. The highest BCUT2D eigenvalue weighted by Gasteiger charge is 2.17. The maximum atomic E-state index is 4.64. The number of pyridine rings is 1. The highest BCUT2D eigenvalue weighted by Crippen LogP contribution is 2.24. The lowest BCUT2D eigenvalue weighted by atomic mass is 10.2. The van der Waals surface area contributed by atoms with Gasteiger partial charge in [-0.05, 0) is 25.0 Å². The molecule has 4 aromatic heterocycles. The molecule has 4 aromatic rings. The van der Waals surface area contributed by atoms with E-state index >= 15 is 0 Å². The van der Waals surface area contributed by atoms with Crippen LogP contribution in [0.5, 0.6) is 0 Å². The molecule has 0 aromatic carbocycles. The number of aromatic nitrogens is 6. The summed E-state index contributed by atoms with van der Waals surface area (Å²) in [6.07, 6.45) is 8.63. The van der Waals surface area contributed by atoms with Gasteiger partial charge in [0, 0.05) is 18.6 Å². The molecular weight excluding hydrogens is 308 g/mol. The molecule has 6 nitrogen and oxygen atoms in total. The smallest absolute Gasteiger partial charge is 0.212 e. The van der Waals surface area contributed by atoms with Gasteiger partial charge in [-0.2, -0.15) is 5.10 Å². The van der Waals surface area contributed by atoms with E-state index in [0.717, 1.165) is 28.6 Å². The van der Waals surface area contributed by atoms with Gasteiger partial charge in [-0.3, -0.25) is 4.98 Å². The highest BCUT2D eigenvalue weighted by atomic mass is 32.1. The van der Waals surface area contributed by atoms with Crippen molar-refractivity contribution >= 4 is 16.3 Å². The normalized spacial score (nSPS) is 12.8. The summed E-state index contributed by atoms with van der Waals surface area (Å²) in [4.78, 5) is 14.6. The summed E-state index contributed by atoms with van der Waals surface area (Å²) in [5.74, 6) is 0.851. The maximum Gasteiger partial charge on any atom is 0.212 e. The minimum absolute atomic E-state index is 0.0639. The third-order valence-corrected chi connectivity index (χ3v) is 4.67. The zero-order valence-electron chi connectivity index (χ0n) is 12.9. The number of hydrogen-bond donors (Lipinski definition) is 0. The minimum atomic E-state index is 0.0639. The largest absolute Gasteiger partial charge is 0.321 e. The Morgan fingerprint density at radius 3 is 2.91 bits per heavy atom. The van der Waals surface area contributed by atoms with Crippen molar-refractivity contribution in [1.82, 2.24) is 29.1 Å². The molecule has 116 valence electrons. The van der Waals surface area contributed by atoms with Crippen LogP contribution in [-0.4, -0.2) is 29.1 Å². The molecule has 7 heteroatoms.